The highest BCUT2D eigenvalue weighted by atomic mass is 32.2. The van der Waals surface area contributed by atoms with Gasteiger partial charge in [0, 0.05) is 29.4 Å². The van der Waals surface area contributed by atoms with E-state index in [-0.39, 0.29) is 11.7 Å². The molecule has 0 fully saturated rings. The zero-order chi connectivity index (χ0) is 27.5. The number of nitrogens with zero attached hydrogens (tertiary/aromatic N) is 2. The highest BCUT2D eigenvalue weighted by molar-refractivity contribution is 7.99. The molecule has 1 unspecified atom stereocenters. The SMILES string of the molecule is CC(C)SCC1CC(=O)c2c([nH]c(-c3ccnc(NC(=O)c4ccc(F)cc4)c3)c2N(N)c2ccccc2)C1. The van der Waals surface area contributed by atoms with Gasteiger partial charge in [0.2, 0.25) is 0 Å². The number of benzene rings is 2. The van der Waals surface area contributed by atoms with Crippen molar-refractivity contribution in [1.82, 2.24) is 9.97 Å². The average Bonchev–Trinajstić information content (AvgIpc) is 3.32. The highest BCUT2D eigenvalue weighted by Crippen LogP contribution is 2.42. The minimum absolute atomic E-state index is 0.0633. The van der Waals surface area contributed by atoms with Gasteiger partial charge in [0.15, 0.2) is 5.78 Å². The highest BCUT2D eigenvalue weighted by Gasteiger charge is 2.33. The Morgan fingerprint density at radius 3 is 2.62 bits per heavy atom. The van der Waals surface area contributed by atoms with Crippen LogP contribution in [0.5, 0.6) is 0 Å². The molecule has 0 saturated carbocycles. The summed E-state index contributed by atoms with van der Waals surface area (Å²) in [6, 6.07) is 18.3. The number of rotatable bonds is 8. The lowest BCUT2D eigenvalue weighted by atomic mass is 9.87. The second-order valence-electron chi connectivity index (χ2n) is 9.88. The lowest BCUT2D eigenvalue weighted by molar-refractivity contribution is 0.0953. The van der Waals surface area contributed by atoms with E-state index in [2.05, 4.69) is 29.1 Å². The molecule has 2 aromatic heterocycles. The van der Waals surface area contributed by atoms with Crippen LogP contribution in [0.15, 0.2) is 72.9 Å². The number of Topliss-reactive ketones (excluding diaryl/α,β-unsaturated/α-hetero) is 1. The monoisotopic (exact) mass is 543 g/mol. The number of thioether (sulfide) groups is 1. The smallest absolute Gasteiger partial charge is 0.256 e. The van der Waals surface area contributed by atoms with Gasteiger partial charge in [-0.2, -0.15) is 11.8 Å². The first-order chi connectivity index (χ1) is 18.8. The average molecular weight is 544 g/mol. The van der Waals surface area contributed by atoms with Crippen LogP contribution in [0.4, 0.5) is 21.6 Å². The molecule has 1 aliphatic rings. The van der Waals surface area contributed by atoms with Crippen LogP contribution in [0.25, 0.3) is 11.3 Å². The first-order valence-corrected chi connectivity index (χ1v) is 13.9. The summed E-state index contributed by atoms with van der Waals surface area (Å²) in [6.07, 6.45) is 2.80. The van der Waals surface area contributed by atoms with Crippen molar-refractivity contribution in [2.75, 3.05) is 16.1 Å². The first kappa shape index (κ1) is 26.6. The molecule has 4 aromatic rings. The summed E-state index contributed by atoms with van der Waals surface area (Å²) in [4.78, 5) is 34.0. The number of fused-ring (bicyclic) bond motifs is 1. The molecule has 2 heterocycles. The van der Waals surface area contributed by atoms with E-state index in [1.54, 1.807) is 17.3 Å². The quantitative estimate of drug-likeness (QED) is 0.176. The van der Waals surface area contributed by atoms with Gasteiger partial charge in [-0.05, 0) is 71.9 Å². The molecule has 1 aliphatic carbocycles. The van der Waals surface area contributed by atoms with Gasteiger partial charge in [0.1, 0.15) is 11.6 Å². The molecule has 1 atom stereocenters. The van der Waals surface area contributed by atoms with Crippen molar-refractivity contribution in [3.8, 4) is 11.3 Å². The molecule has 5 rings (SSSR count). The Morgan fingerprint density at radius 1 is 1.15 bits per heavy atom. The van der Waals surface area contributed by atoms with Gasteiger partial charge in [-0.25, -0.2) is 15.2 Å². The molecule has 7 nitrogen and oxygen atoms in total. The van der Waals surface area contributed by atoms with E-state index in [1.165, 1.54) is 24.3 Å². The second-order valence-corrected chi connectivity index (χ2v) is 11.5. The maximum absolute atomic E-state index is 13.5. The van der Waals surface area contributed by atoms with Crippen molar-refractivity contribution < 1.29 is 14.0 Å². The Bertz CT molecular complexity index is 1490. The third kappa shape index (κ3) is 5.89. The van der Waals surface area contributed by atoms with Gasteiger partial charge in [0.05, 0.1) is 22.6 Å². The van der Waals surface area contributed by atoms with E-state index in [4.69, 9.17) is 5.84 Å². The lowest BCUT2D eigenvalue weighted by Gasteiger charge is -2.25. The van der Waals surface area contributed by atoms with Crippen LogP contribution >= 0.6 is 11.8 Å². The molecule has 0 radical (unpaired) electrons. The summed E-state index contributed by atoms with van der Waals surface area (Å²) in [5.74, 6) is 7.37. The van der Waals surface area contributed by atoms with Crippen molar-refractivity contribution in [3.63, 3.8) is 0 Å². The number of hydrogen-bond donors (Lipinski definition) is 3. The normalized spacial score (nSPS) is 14.8. The van der Waals surface area contributed by atoms with Crippen molar-refractivity contribution in [2.45, 2.75) is 31.9 Å². The predicted molar refractivity (Wildman–Crippen MR) is 155 cm³/mol. The van der Waals surface area contributed by atoms with Crippen LogP contribution in [0.2, 0.25) is 0 Å². The number of anilines is 3. The molecule has 2 aromatic carbocycles. The van der Waals surface area contributed by atoms with E-state index in [1.807, 2.05) is 48.2 Å². The first-order valence-electron chi connectivity index (χ1n) is 12.8. The number of ketones is 1. The van der Waals surface area contributed by atoms with E-state index in [0.29, 0.717) is 40.0 Å². The maximum atomic E-state index is 13.5. The molecular formula is C30H30FN5O2S. The molecule has 200 valence electrons. The van der Waals surface area contributed by atoms with Crippen LogP contribution in [0.3, 0.4) is 0 Å². The summed E-state index contributed by atoms with van der Waals surface area (Å²) >= 11 is 1.86. The largest absolute Gasteiger partial charge is 0.356 e. The molecule has 0 bridgehead atoms. The van der Waals surface area contributed by atoms with Gasteiger partial charge in [-0.3, -0.25) is 14.6 Å². The number of aromatic nitrogens is 2. The zero-order valence-electron chi connectivity index (χ0n) is 21.8. The molecule has 0 saturated heterocycles. The third-order valence-electron chi connectivity index (χ3n) is 6.63. The molecule has 0 spiro atoms. The molecule has 0 aliphatic heterocycles. The summed E-state index contributed by atoms with van der Waals surface area (Å²) in [6.45, 7) is 4.32. The van der Waals surface area contributed by atoms with Crippen LogP contribution < -0.4 is 16.2 Å². The van der Waals surface area contributed by atoms with Gasteiger partial charge in [0.25, 0.3) is 5.91 Å². The second kappa shape index (κ2) is 11.4. The number of carbonyl (C=O) groups is 2. The van der Waals surface area contributed by atoms with Crippen LogP contribution in [0, 0.1) is 11.7 Å². The van der Waals surface area contributed by atoms with E-state index < -0.39 is 11.7 Å². The van der Waals surface area contributed by atoms with Gasteiger partial charge < -0.3 is 10.3 Å². The number of nitrogens with two attached hydrogens (primary N) is 1. The summed E-state index contributed by atoms with van der Waals surface area (Å²) in [5.41, 5.74) is 4.52. The van der Waals surface area contributed by atoms with Crippen molar-refractivity contribution in [3.05, 3.63) is 95.6 Å². The molecule has 4 N–H and O–H groups in total. The minimum Gasteiger partial charge on any atom is -0.356 e. The third-order valence-corrected chi connectivity index (χ3v) is 7.96. The Labute approximate surface area is 231 Å². The fourth-order valence-electron chi connectivity index (χ4n) is 4.78. The summed E-state index contributed by atoms with van der Waals surface area (Å²) in [7, 11) is 0. The number of hydrogen-bond acceptors (Lipinski definition) is 6. The van der Waals surface area contributed by atoms with E-state index in [9.17, 15) is 14.0 Å². The van der Waals surface area contributed by atoms with E-state index >= 15 is 0 Å². The number of aromatic amines is 1. The number of halogens is 1. The van der Waals surface area contributed by atoms with Crippen molar-refractivity contribution >= 4 is 40.6 Å². The Kier molecular flexibility index (Phi) is 7.81. The Balaban J connectivity index is 1.53. The maximum Gasteiger partial charge on any atom is 0.256 e. The molecule has 9 heteroatoms. The van der Waals surface area contributed by atoms with Gasteiger partial charge in [-0.1, -0.05) is 32.0 Å². The topological polar surface area (TPSA) is 104 Å². The molecule has 1 amide bonds. The fraction of sp³-hybridized carbons (Fsp3) is 0.233. The Hall–Kier alpha value is -3.95. The van der Waals surface area contributed by atoms with Gasteiger partial charge >= 0.3 is 0 Å². The van der Waals surface area contributed by atoms with Crippen molar-refractivity contribution in [1.29, 1.82) is 0 Å². The number of nitrogens with one attached hydrogen (secondary N) is 2. The molecule has 39 heavy (non-hydrogen) atoms. The van der Waals surface area contributed by atoms with Crippen LogP contribution in [0.1, 0.15) is 46.7 Å². The van der Waals surface area contributed by atoms with E-state index in [0.717, 1.165) is 29.1 Å². The number of para-hydroxylation sites is 1. The Morgan fingerprint density at radius 2 is 1.90 bits per heavy atom. The minimum atomic E-state index is -0.417. The molecular weight excluding hydrogens is 513 g/mol. The fourth-order valence-corrected chi connectivity index (χ4v) is 5.67. The van der Waals surface area contributed by atoms with Crippen molar-refractivity contribution in [2.24, 2.45) is 11.8 Å². The number of pyridine rings is 1. The summed E-state index contributed by atoms with van der Waals surface area (Å²) in [5, 5.41) is 4.81. The zero-order valence-corrected chi connectivity index (χ0v) is 22.6. The van der Waals surface area contributed by atoms with Crippen LogP contribution in [-0.2, 0) is 6.42 Å². The predicted octanol–water partition coefficient (Wildman–Crippen LogP) is 6.37. The lowest BCUT2D eigenvalue weighted by Crippen LogP contribution is -2.29. The number of H-pyrrole nitrogens is 1. The number of carbonyl (C=O) groups excluding carboxylic acids is 2. The van der Waals surface area contributed by atoms with Gasteiger partial charge in [-0.15, -0.1) is 0 Å². The summed E-state index contributed by atoms with van der Waals surface area (Å²) < 4.78 is 13.3. The number of amides is 1. The van der Waals surface area contributed by atoms with Crippen LogP contribution in [-0.4, -0.2) is 32.7 Å². The number of hydrazine groups is 1. The standard InChI is InChI=1S/C30H30FN5O2S/c1-18(2)39-17-19-14-24-27(25(37)15-19)29(36(32)23-6-4-3-5-7-23)28(34-24)21-12-13-33-26(16-21)35-30(38)20-8-10-22(31)11-9-20/h3-13,16,18-19,34H,14-15,17,32H2,1-2H3,(H,33,35,38).